The number of ketones is 1. The molecular weight excluding hydrogens is 344 g/mol. The van der Waals surface area contributed by atoms with E-state index >= 15 is 0 Å². The van der Waals surface area contributed by atoms with Gasteiger partial charge in [0.25, 0.3) is 0 Å². The van der Waals surface area contributed by atoms with E-state index in [9.17, 15) is 4.79 Å². The highest BCUT2D eigenvalue weighted by Gasteiger charge is 2.34. The molecule has 0 saturated carbocycles. The molecule has 5 nitrogen and oxygen atoms in total. The van der Waals surface area contributed by atoms with E-state index < -0.39 is 5.54 Å². The number of rotatable bonds is 4. The van der Waals surface area contributed by atoms with Crippen LogP contribution < -0.4 is 5.73 Å². The van der Waals surface area contributed by atoms with E-state index in [1.807, 2.05) is 19.1 Å². The summed E-state index contributed by atoms with van der Waals surface area (Å²) in [7, 11) is 0. The Balaban J connectivity index is 1.82. The molecule has 6 heteroatoms. The second-order valence-corrected chi connectivity index (χ2v) is 8.04. The molecule has 0 aliphatic carbocycles. The van der Waals surface area contributed by atoms with Crippen LogP contribution in [0.3, 0.4) is 0 Å². The molecule has 0 spiro atoms. The molecule has 3 rings (SSSR count). The maximum absolute atomic E-state index is 12.5. The van der Waals surface area contributed by atoms with Crippen LogP contribution in [0.2, 0.25) is 0 Å². The number of carbonyl (C=O) groups is 1. The van der Waals surface area contributed by atoms with Gasteiger partial charge in [0.05, 0.1) is 5.69 Å². The zero-order valence-electron chi connectivity index (χ0n) is 14.8. The van der Waals surface area contributed by atoms with E-state index in [1.165, 1.54) is 6.20 Å². The Labute approximate surface area is 157 Å². The van der Waals surface area contributed by atoms with Crippen LogP contribution in [-0.4, -0.2) is 26.2 Å². The number of carbonyl (C=O) groups excluding carboxylic acids is 1. The summed E-state index contributed by atoms with van der Waals surface area (Å²) in [5.41, 5.74) is 8.25. The minimum absolute atomic E-state index is 0.0635. The van der Waals surface area contributed by atoms with Gasteiger partial charge in [-0.15, -0.1) is 6.42 Å². The fourth-order valence-electron chi connectivity index (χ4n) is 3.08. The van der Waals surface area contributed by atoms with Crippen LogP contribution in [0.1, 0.15) is 47.6 Å². The van der Waals surface area contributed by atoms with Crippen LogP contribution in [0.25, 0.3) is 0 Å². The Hall–Kier alpha value is -2.65. The standard InChI is InChI=1S/C20H20N4OS/c1-4-14-5-6-16(23-12-14)17(25)9-15-7-8-22-18(10-15)20(3)11-13(2)26-19(21)24-20/h1,5-8,10,12-13H,9,11H2,2-3H3,(H2,21,24)/t13-,20+/m1/s1. The predicted octanol–water partition coefficient (Wildman–Crippen LogP) is 2.94. The normalized spacial score (nSPS) is 22.3. The average molecular weight is 364 g/mol. The van der Waals surface area contributed by atoms with Crippen molar-refractivity contribution in [3.8, 4) is 12.3 Å². The third kappa shape index (κ3) is 3.94. The number of hydrogen-bond donors (Lipinski definition) is 1. The van der Waals surface area contributed by atoms with Crippen molar-refractivity contribution in [1.82, 2.24) is 9.97 Å². The molecule has 0 saturated heterocycles. The number of terminal acetylenes is 1. The van der Waals surface area contributed by atoms with Gasteiger partial charge >= 0.3 is 0 Å². The summed E-state index contributed by atoms with van der Waals surface area (Å²) in [5.74, 6) is 2.43. The van der Waals surface area contributed by atoms with E-state index in [2.05, 4.69) is 27.8 Å². The lowest BCUT2D eigenvalue weighted by molar-refractivity contribution is 0.0988. The molecule has 2 aromatic heterocycles. The van der Waals surface area contributed by atoms with Gasteiger partial charge in [0.1, 0.15) is 11.2 Å². The zero-order valence-corrected chi connectivity index (χ0v) is 15.6. The van der Waals surface area contributed by atoms with Gasteiger partial charge in [-0.1, -0.05) is 24.6 Å². The lowest BCUT2D eigenvalue weighted by Crippen LogP contribution is -2.33. The molecule has 0 radical (unpaired) electrons. The number of aromatic nitrogens is 2. The number of aliphatic imine (C=N–C) groups is 1. The molecule has 2 N–H and O–H groups in total. The molecule has 26 heavy (non-hydrogen) atoms. The molecule has 3 heterocycles. The Morgan fingerprint density at radius 3 is 2.88 bits per heavy atom. The van der Waals surface area contributed by atoms with E-state index in [0.29, 0.717) is 21.7 Å². The van der Waals surface area contributed by atoms with Gasteiger partial charge in [0.15, 0.2) is 11.0 Å². The number of thioether (sulfide) groups is 1. The summed E-state index contributed by atoms with van der Waals surface area (Å²) < 4.78 is 0. The van der Waals surface area contributed by atoms with Crippen molar-refractivity contribution in [2.75, 3.05) is 0 Å². The summed E-state index contributed by atoms with van der Waals surface area (Å²) >= 11 is 1.58. The summed E-state index contributed by atoms with van der Waals surface area (Å²) in [4.78, 5) is 25.7. The summed E-state index contributed by atoms with van der Waals surface area (Å²) in [6, 6.07) is 7.16. The second-order valence-electron chi connectivity index (χ2n) is 6.58. The number of nitrogens with two attached hydrogens (primary N) is 1. The highest BCUT2D eigenvalue weighted by Crippen LogP contribution is 2.37. The van der Waals surface area contributed by atoms with Gasteiger partial charge in [-0.25, -0.2) is 4.99 Å². The lowest BCUT2D eigenvalue weighted by atomic mass is 9.90. The molecule has 0 amide bonds. The van der Waals surface area contributed by atoms with Gasteiger partial charge in [-0.3, -0.25) is 14.8 Å². The molecule has 0 unspecified atom stereocenters. The Bertz CT molecular complexity index is 901. The molecule has 1 aliphatic rings. The number of nitrogens with zero attached hydrogens (tertiary/aromatic N) is 3. The van der Waals surface area contributed by atoms with Crippen molar-refractivity contribution in [3.05, 3.63) is 59.2 Å². The van der Waals surface area contributed by atoms with Gasteiger partial charge < -0.3 is 5.73 Å². The molecular formula is C20H20N4OS. The van der Waals surface area contributed by atoms with E-state index in [-0.39, 0.29) is 12.2 Å². The van der Waals surface area contributed by atoms with Crippen LogP contribution in [0, 0.1) is 12.3 Å². The van der Waals surface area contributed by atoms with Gasteiger partial charge in [0.2, 0.25) is 0 Å². The quantitative estimate of drug-likeness (QED) is 0.666. The van der Waals surface area contributed by atoms with Gasteiger partial charge in [0, 0.05) is 29.6 Å². The Kier molecular flexibility index (Phi) is 5.10. The van der Waals surface area contributed by atoms with Crippen molar-refractivity contribution in [2.24, 2.45) is 10.7 Å². The van der Waals surface area contributed by atoms with Crippen LogP contribution in [0.15, 0.2) is 41.7 Å². The maximum atomic E-state index is 12.5. The first-order valence-corrected chi connectivity index (χ1v) is 9.21. The summed E-state index contributed by atoms with van der Waals surface area (Å²) in [5, 5.41) is 0.941. The van der Waals surface area contributed by atoms with Crippen molar-refractivity contribution in [1.29, 1.82) is 0 Å². The smallest absolute Gasteiger partial charge is 0.185 e. The zero-order chi connectivity index (χ0) is 18.7. The first-order chi connectivity index (χ1) is 12.4. The summed E-state index contributed by atoms with van der Waals surface area (Å²) in [6.45, 7) is 4.16. The van der Waals surface area contributed by atoms with Crippen LogP contribution in [0.5, 0.6) is 0 Å². The van der Waals surface area contributed by atoms with E-state index in [0.717, 1.165) is 17.7 Å². The van der Waals surface area contributed by atoms with Crippen molar-refractivity contribution in [3.63, 3.8) is 0 Å². The Morgan fingerprint density at radius 1 is 1.42 bits per heavy atom. The SMILES string of the molecule is C#Cc1ccc(C(=O)Cc2ccnc([C@]3(C)C[C@@H](C)SC(N)=N3)c2)nc1. The fourth-order valence-corrected chi connectivity index (χ4v) is 4.16. The Morgan fingerprint density at radius 2 is 2.23 bits per heavy atom. The van der Waals surface area contributed by atoms with Gasteiger partial charge in [-0.05, 0) is 43.2 Å². The average Bonchev–Trinajstić information content (AvgIpc) is 2.61. The molecule has 0 aromatic carbocycles. The second kappa shape index (κ2) is 7.30. The first kappa shape index (κ1) is 18.2. The molecule has 0 bridgehead atoms. The number of hydrogen-bond acceptors (Lipinski definition) is 6. The fraction of sp³-hybridized carbons (Fsp3) is 0.300. The van der Waals surface area contributed by atoms with Crippen molar-refractivity contribution >= 4 is 22.7 Å². The maximum Gasteiger partial charge on any atom is 0.185 e. The van der Waals surface area contributed by atoms with E-state index in [1.54, 1.807) is 30.1 Å². The molecule has 2 atom stereocenters. The third-order valence-electron chi connectivity index (χ3n) is 4.32. The monoisotopic (exact) mass is 364 g/mol. The molecule has 1 aliphatic heterocycles. The molecule has 0 fully saturated rings. The van der Waals surface area contributed by atoms with Crippen molar-refractivity contribution in [2.45, 2.75) is 37.5 Å². The van der Waals surface area contributed by atoms with Crippen LogP contribution in [-0.2, 0) is 12.0 Å². The minimum Gasteiger partial charge on any atom is -0.379 e. The highest BCUT2D eigenvalue weighted by molar-refractivity contribution is 8.14. The minimum atomic E-state index is -0.472. The van der Waals surface area contributed by atoms with Crippen molar-refractivity contribution < 1.29 is 4.79 Å². The first-order valence-electron chi connectivity index (χ1n) is 8.33. The lowest BCUT2D eigenvalue weighted by Gasteiger charge is -2.32. The summed E-state index contributed by atoms with van der Waals surface area (Å²) in [6.07, 6.45) is 9.66. The highest BCUT2D eigenvalue weighted by atomic mass is 32.2. The number of pyridine rings is 2. The van der Waals surface area contributed by atoms with Gasteiger partial charge in [-0.2, -0.15) is 0 Å². The largest absolute Gasteiger partial charge is 0.379 e. The molecule has 132 valence electrons. The third-order valence-corrected chi connectivity index (χ3v) is 5.22. The topological polar surface area (TPSA) is 81.2 Å². The van der Waals surface area contributed by atoms with Crippen LogP contribution >= 0.6 is 11.8 Å². The van der Waals surface area contributed by atoms with E-state index in [4.69, 9.17) is 12.2 Å². The number of Topliss-reactive ketones (excluding diaryl/α,β-unsaturated/α-hetero) is 1. The van der Waals surface area contributed by atoms with Crippen LogP contribution in [0.4, 0.5) is 0 Å². The predicted molar refractivity (Wildman–Crippen MR) is 105 cm³/mol. The molecule has 2 aromatic rings. The number of amidine groups is 1.